The number of aromatic nitrogens is 1. The Labute approximate surface area is 130 Å². The quantitative estimate of drug-likeness (QED) is 0.865. The summed E-state index contributed by atoms with van der Waals surface area (Å²) >= 11 is 1.20. The largest absolute Gasteiger partial charge is 0.343 e. The normalized spacial score (nSPS) is 16.4. The highest BCUT2D eigenvalue weighted by atomic mass is 32.1. The highest BCUT2D eigenvalue weighted by molar-refractivity contribution is 7.07. The first-order valence-corrected chi connectivity index (χ1v) is 8.63. The van der Waals surface area contributed by atoms with Crippen LogP contribution < -0.4 is 10.2 Å². The minimum Gasteiger partial charge on any atom is -0.343 e. The molecule has 1 aliphatic rings. The number of aryl methyl sites for hydroxylation is 1. The van der Waals surface area contributed by atoms with Crippen molar-refractivity contribution in [2.45, 2.75) is 39.7 Å². The van der Waals surface area contributed by atoms with Crippen molar-refractivity contribution >= 4 is 17.2 Å². The van der Waals surface area contributed by atoms with Crippen LogP contribution in [0.1, 0.15) is 31.9 Å². The summed E-state index contributed by atoms with van der Waals surface area (Å²) in [5.74, 6) is 0.866. The molecule has 6 heteroatoms. The first-order chi connectivity index (χ1) is 10.1. The van der Waals surface area contributed by atoms with E-state index in [0.717, 1.165) is 44.7 Å². The number of rotatable bonds is 6. The summed E-state index contributed by atoms with van der Waals surface area (Å²) < 4.78 is 1.69. The number of nitrogens with one attached hydrogen (secondary N) is 1. The lowest BCUT2D eigenvalue weighted by molar-refractivity contribution is -0.132. The van der Waals surface area contributed by atoms with E-state index >= 15 is 0 Å². The Hall–Kier alpha value is -1.14. The molecule has 1 aromatic heterocycles. The molecule has 2 heterocycles. The summed E-state index contributed by atoms with van der Waals surface area (Å²) in [5.41, 5.74) is 0.946. The number of likely N-dealkylation sites (tertiary alicyclic amines) is 1. The maximum Gasteiger partial charge on any atom is 0.307 e. The molecule has 0 aromatic carbocycles. The first-order valence-electron chi connectivity index (χ1n) is 7.75. The molecule has 0 aliphatic carbocycles. The molecule has 5 nitrogen and oxygen atoms in total. The Kier molecular flexibility index (Phi) is 5.99. The first kappa shape index (κ1) is 16.2. The van der Waals surface area contributed by atoms with Crippen molar-refractivity contribution in [3.05, 3.63) is 20.7 Å². The van der Waals surface area contributed by atoms with E-state index in [1.165, 1.54) is 11.3 Å². The lowest BCUT2D eigenvalue weighted by atomic mass is 9.96. The fraction of sp³-hybridized carbons (Fsp3) is 0.733. The molecule has 2 rings (SSSR count). The third-order valence-electron chi connectivity index (χ3n) is 4.18. The van der Waals surface area contributed by atoms with E-state index in [2.05, 4.69) is 12.2 Å². The van der Waals surface area contributed by atoms with E-state index < -0.39 is 0 Å². The molecule has 1 amide bonds. The zero-order valence-electron chi connectivity index (χ0n) is 12.9. The smallest absolute Gasteiger partial charge is 0.307 e. The molecule has 1 aliphatic heterocycles. The zero-order valence-corrected chi connectivity index (χ0v) is 13.7. The molecule has 0 saturated carbocycles. The Bertz CT molecular complexity index is 515. The molecule has 1 N–H and O–H groups in total. The van der Waals surface area contributed by atoms with E-state index in [1.54, 1.807) is 4.57 Å². The summed E-state index contributed by atoms with van der Waals surface area (Å²) in [5, 5.41) is 5.22. The predicted molar refractivity (Wildman–Crippen MR) is 85.8 cm³/mol. The zero-order chi connectivity index (χ0) is 15.2. The summed E-state index contributed by atoms with van der Waals surface area (Å²) in [6, 6.07) is 0. The van der Waals surface area contributed by atoms with Crippen LogP contribution in [-0.2, 0) is 11.3 Å². The number of thiazole rings is 1. The van der Waals surface area contributed by atoms with Gasteiger partial charge in [0, 0.05) is 37.1 Å². The summed E-state index contributed by atoms with van der Waals surface area (Å²) in [6.07, 6.45) is 2.59. The maximum absolute atomic E-state index is 12.2. The van der Waals surface area contributed by atoms with Crippen LogP contribution in [-0.4, -0.2) is 41.6 Å². The monoisotopic (exact) mass is 311 g/mol. The van der Waals surface area contributed by atoms with Crippen molar-refractivity contribution in [2.24, 2.45) is 5.92 Å². The van der Waals surface area contributed by atoms with Crippen LogP contribution in [0.5, 0.6) is 0 Å². The van der Waals surface area contributed by atoms with Gasteiger partial charge < -0.3 is 14.8 Å². The second kappa shape index (κ2) is 7.75. The van der Waals surface area contributed by atoms with Gasteiger partial charge in [-0.1, -0.05) is 18.3 Å². The highest BCUT2D eigenvalue weighted by Gasteiger charge is 2.22. The third kappa shape index (κ3) is 4.41. The van der Waals surface area contributed by atoms with E-state index in [9.17, 15) is 9.59 Å². The van der Waals surface area contributed by atoms with Crippen LogP contribution in [0.3, 0.4) is 0 Å². The summed E-state index contributed by atoms with van der Waals surface area (Å²) in [7, 11) is 0. The standard InChI is InChI=1S/C15H25N3O2S/c1-3-16-10-13-4-7-17(8-5-13)14(19)6-9-18-12(2)11-21-15(18)20/h11,13,16H,3-10H2,1-2H3. The number of nitrogens with zero attached hydrogens (tertiary/aromatic N) is 2. The van der Waals surface area contributed by atoms with Gasteiger partial charge in [-0.05, 0) is 38.8 Å². The molecule has 0 bridgehead atoms. The fourth-order valence-corrected chi connectivity index (χ4v) is 3.54. The number of hydrogen-bond donors (Lipinski definition) is 1. The second-order valence-electron chi connectivity index (χ2n) is 5.68. The van der Waals surface area contributed by atoms with Crippen molar-refractivity contribution in [1.29, 1.82) is 0 Å². The van der Waals surface area contributed by atoms with Crippen molar-refractivity contribution < 1.29 is 4.79 Å². The minimum atomic E-state index is 0.0321. The van der Waals surface area contributed by atoms with Gasteiger partial charge in [-0.25, -0.2) is 0 Å². The number of carbonyl (C=O) groups excluding carboxylic acids is 1. The van der Waals surface area contributed by atoms with Gasteiger partial charge >= 0.3 is 4.87 Å². The van der Waals surface area contributed by atoms with Gasteiger partial charge in [0.2, 0.25) is 5.91 Å². The molecule has 0 unspecified atom stereocenters. The molecule has 21 heavy (non-hydrogen) atoms. The predicted octanol–water partition coefficient (Wildman–Crippen LogP) is 1.46. The van der Waals surface area contributed by atoms with Crippen molar-refractivity contribution in [2.75, 3.05) is 26.2 Å². The highest BCUT2D eigenvalue weighted by Crippen LogP contribution is 2.17. The molecule has 0 atom stereocenters. The number of amides is 1. The van der Waals surface area contributed by atoms with Gasteiger partial charge in [0.25, 0.3) is 0 Å². The molecule has 0 spiro atoms. The molecular weight excluding hydrogens is 286 g/mol. The number of carbonyl (C=O) groups is 1. The van der Waals surface area contributed by atoms with Crippen LogP contribution in [0.25, 0.3) is 0 Å². The number of hydrogen-bond acceptors (Lipinski definition) is 4. The lowest BCUT2D eigenvalue weighted by Gasteiger charge is -2.32. The van der Waals surface area contributed by atoms with Gasteiger partial charge in [-0.3, -0.25) is 9.59 Å². The molecule has 0 radical (unpaired) electrons. The molecule has 1 aromatic rings. The summed E-state index contributed by atoms with van der Waals surface area (Å²) in [4.78, 5) is 25.8. The van der Waals surface area contributed by atoms with Crippen molar-refractivity contribution in [3.8, 4) is 0 Å². The van der Waals surface area contributed by atoms with Crippen LogP contribution in [0.15, 0.2) is 10.2 Å². The summed E-state index contributed by atoms with van der Waals surface area (Å²) in [6.45, 7) is 8.31. The topological polar surface area (TPSA) is 54.3 Å². The van der Waals surface area contributed by atoms with Gasteiger partial charge in [-0.2, -0.15) is 0 Å². The van der Waals surface area contributed by atoms with Crippen LogP contribution >= 0.6 is 11.3 Å². The van der Waals surface area contributed by atoms with Gasteiger partial charge in [0.1, 0.15) is 0 Å². The lowest BCUT2D eigenvalue weighted by Crippen LogP contribution is -2.41. The molecule has 1 fully saturated rings. The average Bonchev–Trinajstić information content (AvgIpc) is 2.82. The Morgan fingerprint density at radius 1 is 1.43 bits per heavy atom. The van der Waals surface area contributed by atoms with Gasteiger partial charge in [-0.15, -0.1) is 0 Å². The molecule has 118 valence electrons. The Morgan fingerprint density at radius 3 is 2.71 bits per heavy atom. The minimum absolute atomic E-state index is 0.0321. The van der Waals surface area contributed by atoms with Gasteiger partial charge in [0.05, 0.1) is 0 Å². The SMILES string of the molecule is CCNCC1CCN(C(=O)CCn2c(C)csc2=O)CC1. The van der Waals surface area contributed by atoms with Crippen molar-refractivity contribution in [3.63, 3.8) is 0 Å². The van der Waals surface area contributed by atoms with Crippen LogP contribution in [0.4, 0.5) is 0 Å². The maximum atomic E-state index is 12.2. The average molecular weight is 311 g/mol. The van der Waals surface area contributed by atoms with E-state index in [-0.39, 0.29) is 10.8 Å². The van der Waals surface area contributed by atoms with E-state index in [1.807, 2.05) is 17.2 Å². The second-order valence-corrected chi connectivity index (χ2v) is 6.50. The van der Waals surface area contributed by atoms with Crippen LogP contribution in [0, 0.1) is 12.8 Å². The number of piperidine rings is 1. The van der Waals surface area contributed by atoms with E-state index in [0.29, 0.717) is 18.9 Å². The van der Waals surface area contributed by atoms with E-state index in [4.69, 9.17) is 0 Å². The third-order valence-corrected chi connectivity index (χ3v) is 5.06. The Morgan fingerprint density at radius 2 is 2.14 bits per heavy atom. The van der Waals surface area contributed by atoms with Gasteiger partial charge in [0.15, 0.2) is 0 Å². The molecular formula is C15H25N3O2S. The van der Waals surface area contributed by atoms with Crippen LogP contribution in [0.2, 0.25) is 0 Å². The molecule has 1 saturated heterocycles. The van der Waals surface area contributed by atoms with Crippen molar-refractivity contribution in [1.82, 2.24) is 14.8 Å². The Balaban J connectivity index is 1.76. The fourth-order valence-electron chi connectivity index (χ4n) is 2.78.